The highest BCUT2D eigenvalue weighted by atomic mass is 31.1. The lowest BCUT2D eigenvalue weighted by Gasteiger charge is -2.53. The number of hydrogen-bond donors (Lipinski definition) is 0. The van der Waals surface area contributed by atoms with Crippen LogP contribution in [0.2, 0.25) is 0 Å². The van der Waals surface area contributed by atoms with Crippen LogP contribution in [0.5, 0.6) is 0 Å². The van der Waals surface area contributed by atoms with Gasteiger partial charge in [-0.2, -0.15) is 0 Å². The molecule has 208 valence electrons. The first-order valence-corrected chi connectivity index (χ1v) is 16.7. The summed E-state index contributed by atoms with van der Waals surface area (Å²) in [5.41, 5.74) is 0. The van der Waals surface area contributed by atoms with Crippen LogP contribution in [0.4, 0.5) is 0 Å². The third kappa shape index (κ3) is 6.24. The molecule has 4 nitrogen and oxygen atoms in total. The molecule has 5 rings (SSSR count). The fourth-order valence-corrected chi connectivity index (χ4v) is 10.1. The van der Waals surface area contributed by atoms with E-state index >= 15 is 0 Å². The lowest BCUT2D eigenvalue weighted by Crippen LogP contribution is -2.66. The molecular formula is C34H38O4P2. The Morgan fingerprint density at radius 1 is 0.500 bits per heavy atom. The lowest BCUT2D eigenvalue weighted by molar-refractivity contribution is -0.442. The summed E-state index contributed by atoms with van der Waals surface area (Å²) < 4.78 is 25.8. The number of benzene rings is 4. The molecule has 0 spiro atoms. The molecule has 0 aromatic heterocycles. The molecule has 0 unspecified atom stereocenters. The van der Waals surface area contributed by atoms with Gasteiger partial charge in [0.1, 0.15) is 0 Å². The van der Waals surface area contributed by atoms with E-state index in [-0.39, 0.29) is 12.2 Å². The number of hydrogen-bond acceptors (Lipinski definition) is 4. The summed E-state index contributed by atoms with van der Waals surface area (Å²) in [7, 11) is 1.91. The van der Waals surface area contributed by atoms with Crippen molar-refractivity contribution in [1.82, 2.24) is 0 Å². The lowest BCUT2D eigenvalue weighted by atomic mass is 10.0. The summed E-state index contributed by atoms with van der Waals surface area (Å²) in [5, 5.41) is 5.27. The summed E-state index contributed by atoms with van der Waals surface area (Å²) in [6.07, 6.45) is 1.19. The van der Waals surface area contributed by atoms with Gasteiger partial charge in [-0.3, -0.25) is 0 Å². The van der Waals surface area contributed by atoms with Crippen LogP contribution in [0.1, 0.15) is 13.8 Å². The Hall–Kier alpha value is -2.42. The van der Waals surface area contributed by atoms with Crippen molar-refractivity contribution in [2.24, 2.45) is 0 Å². The van der Waals surface area contributed by atoms with Gasteiger partial charge < -0.3 is 18.9 Å². The maximum absolute atomic E-state index is 6.94. The highest BCUT2D eigenvalue weighted by Gasteiger charge is 2.57. The molecule has 4 aromatic carbocycles. The summed E-state index contributed by atoms with van der Waals surface area (Å²) in [6, 6.07) is 43.1. The van der Waals surface area contributed by atoms with Crippen LogP contribution in [0.3, 0.4) is 0 Å². The fraction of sp³-hybridized carbons (Fsp3) is 0.294. The van der Waals surface area contributed by atoms with Gasteiger partial charge in [-0.1, -0.05) is 121 Å². The molecule has 6 heteroatoms. The molecule has 0 amide bonds. The van der Waals surface area contributed by atoms with E-state index in [1.807, 2.05) is 13.8 Å². The molecule has 0 bridgehead atoms. The minimum atomic E-state index is -1.07. The average molecular weight is 573 g/mol. The van der Waals surface area contributed by atoms with Crippen molar-refractivity contribution in [1.29, 1.82) is 0 Å². The molecule has 0 N–H and O–H groups in total. The second-order valence-corrected chi connectivity index (χ2v) is 14.7. The van der Waals surface area contributed by atoms with E-state index in [1.165, 1.54) is 21.2 Å². The summed E-state index contributed by atoms with van der Waals surface area (Å²) in [4.78, 5) is 0. The molecule has 1 aliphatic heterocycles. The molecular weight excluding hydrogens is 534 g/mol. The van der Waals surface area contributed by atoms with Gasteiger partial charge in [-0.05, 0) is 50.9 Å². The average Bonchev–Trinajstić information content (AvgIpc) is 3.02. The SMILES string of the molecule is CO[C@@]1(C)O[C@H](CP(c2ccccc2)c2ccccc2)[C@@H](CP(c2ccccc2)c2ccccc2)O[C@]1(C)OC. The Labute approximate surface area is 241 Å². The molecule has 40 heavy (non-hydrogen) atoms. The maximum Gasteiger partial charge on any atom is 0.220 e. The van der Waals surface area contributed by atoms with Crippen LogP contribution < -0.4 is 21.2 Å². The molecule has 1 heterocycles. The van der Waals surface area contributed by atoms with Gasteiger partial charge in [0, 0.05) is 26.5 Å². The molecule has 1 saturated heterocycles. The molecule has 1 fully saturated rings. The second kappa shape index (κ2) is 13.0. The van der Waals surface area contributed by atoms with Gasteiger partial charge >= 0.3 is 0 Å². The molecule has 4 atom stereocenters. The van der Waals surface area contributed by atoms with Crippen molar-refractivity contribution in [3.8, 4) is 0 Å². The Kier molecular flexibility index (Phi) is 9.49. The molecule has 1 aliphatic rings. The minimum Gasteiger partial charge on any atom is -0.349 e. The standard InChI is InChI=1S/C34H38O4P2/c1-33(35-3)34(2,36-4)38-32(26-40(29-21-13-7-14-22-29)30-23-15-8-16-24-30)31(37-33)25-39(27-17-9-5-10-18-27)28-19-11-6-12-20-28/h5-24,31-32H,25-26H2,1-4H3/t31-,32-,33+,34+/m1/s1. The van der Waals surface area contributed by atoms with Crippen molar-refractivity contribution < 1.29 is 18.9 Å². The smallest absolute Gasteiger partial charge is 0.220 e. The predicted octanol–water partition coefficient (Wildman–Crippen LogP) is 5.76. The van der Waals surface area contributed by atoms with Gasteiger partial charge in [-0.25, -0.2) is 0 Å². The van der Waals surface area contributed by atoms with Crippen LogP contribution in [0.15, 0.2) is 121 Å². The maximum atomic E-state index is 6.94. The van der Waals surface area contributed by atoms with E-state index in [0.29, 0.717) is 0 Å². The fourth-order valence-electron chi connectivity index (χ4n) is 5.23. The third-order valence-corrected chi connectivity index (χ3v) is 12.9. The second-order valence-electron chi connectivity index (χ2n) is 10.2. The van der Waals surface area contributed by atoms with Gasteiger partial charge in [0.25, 0.3) is 0 Å². The van der Waals surface area contributed by atoms with Gasteiger partial charge in [-0.15, -0.1) is 0 Å². The number of ether oxygens (including phenoxy) is 4. The van der Waals surface area contributed by atoms with Crippen molar-refractivity contribution in [2.75, 3.05) is 26.5 Å². The Morgan fingerprint density at radius 2 is 0.750 bits per heavy atom. The first-order valence-electron chi connectivity index (χ1n) is 13.7. The van der Waals surface area contributed by atoms with E-state index in [1.54, 1.807) is 14.2 Å². The topological polar surface area (TPSA) is 36.9 Å². The Morgan fingerprint density at radius 3 is 0.975 bits per heavy atom. The molecule has 4 aromatic rings. The normalized spacial score (nSPS) is 24.9. The predicted molar refractivity (Wildman–Crippen MR) is 168 cm³/mol. The van der Waals surface area contributed by atoms with Crippen molar-refractivity contribution in [2.45, 2.75) is 37.6 Å². The monoisotopic (exact) mass is 572 g/mol. The molecule has 0 radical (unpaired) electrons. The Bertz CT molecular complexity index is 1140. The van der Waals surface area contributed by atoms with E-state index in [0.717, 1.165) is 12.3 Å². The van der Waals surface area contributed by atoms with E-state index in [2.05, 4.69) is 121 Å². The largest absolute Gasteiger partial charge is 0.349 e. The van der Waals surface area contributed by atoms with E-state index in [4.69, 9.17) is 18.9 Å². The van der Waals surface area contributed by atoms with Gasteiger partial charge in [0.2, 0.25) is 11.6 Å². The van der Waals surface area contributed by atoms with Crippen molar-refractivity contribution >= 4 is 37.1 Å². The zero-order chi connectivity index (χ0) is 28.0. The zero-order valence-corrected chi connectivity index (χ0v) is 25.4. The highest BCUT2D eigenvalue weighted by molar-refractivity contribution is 7.73. The van der Waals surface area contributed by atoms with Crippen LogP contribution in [-0.4, -0.2) is 50.3 Å². The first kappa shape index (κ1) is 29.1. The Balaban J connectivity index is 1.55. The molecule has 0 saturated carbocycles. The van der Waals surface area contributed by atoms with Crippen LogP contribution in [0, 0.1) is 0 Å². The minimum absolute atomic E-state index is 0.211. The molecule has 0 aliphatic carbocycles. The van der Waals surface area contributed by atoms with E-state index in [9.17, 15) is 0 Å². The van der Waals surface area contributed by atoms with Gasteiger partial charge in [0.05, 0.1) is 12.2 Å². The third-order valence-electron chi connectivity index (χ3n) is 7.77. The number of rotatable bonds is 10. The summed E-state index contributed by atoms with van der Waals surface area (Å²) in [5.74, 6) is -2.14. The van der Waals surface area contributed by atoms with E-state index < -0.39 is 27.4 Å². The van der Waals surface area contributed by atoms with Crippen molar-refractivity contribution in [3.63, 3.8) is 0 Å². The van der Waals surface area contributed by atoms with Crippen LogP contribution in [0.25, 0.3) is 0 Å². The van der Waals surface area contributed by atoms with Gasteiger partial charge in [0.15, 0.2) is 0 Å². The quantitative estimate of drug-likeness (QED) is 0.227. The van der Waals surface area contributed by atoms with Crippen LogP contribution in [-0.2, 0) is 18.9 Å². The highest BCUT2D eigenvalue weighted by Crippen LogP contribution is 2.47. The summed E-state index contributed by atoms with van der Waals surface area (Å²) >= 11 is 0. The number of methoxy groups -OCH3 is 2. The summed E-state index contributed by atoms with van der Waals surface area (Å²) in [6.45, 7) is 3.84. The zero-order valence-electron chi connectivity index (χ0n) is 23.6. The van der Waals surface area contributed by atoms with Crippen molar-refractivity contribution in [3.05, 3.63) is 121 Å². The van der Waals surface area contributed by atoms with Crippen LogP contribution >= 0.6 is 15.8 Å². The first-order chi connectivity index (χ1) is 19.5.